The Hall–Kier alpha value is -0.113. The summed E-state index contributed by atoms with van der Waals surface area (Å²) in [5.41, 5.74) is 0. The van der Waals surface area contributed by atoms with Crippen LogP contribution in [-0.2, 0) is 4.79 Å². The highest BCUT2D eigenvalue weighted by Crippen LogP contribution is 1.32. The molecule has 0 atom stereocenters. The summed E-state index contributed by atoms with van der Waals surface area (Å²) >= 11 is 0. The lowest BCUT2D eigenvalue weighted by Gasteiger charge is -1.48. The largest absolute Gasteiger partial charge is 0.310 e. The summed E-state index contributed by atoms with van der Waals surface area (Å²) in [5, 5.41) is 0. The van der Waals surface area contributed by atoms with Gasteiger partial charge < -0.3 is 4.79 Å². The molecule has 0 saturated carbocycles. The molecule has 0 spiro atoms. The predicted molar refractivity (Wildman–Crippen MR) is 21.2 cm³/mol. The van der Waals surface area contributed by atoms with Crippen molar-refractivity contribution in [1.29, 1.82) is 0 Å². The van der Waals surface area contributed by atoms with Crippen molar-refractivity contribution in [3.63, 3.8) is 0 Å². The molecule has 0 aromatic rings. The Morgan fingerprint density at radius 3 is 2.25 bits per heavy atom. The van der Waals surface area contributed by atoms with Crippen LogP contribution in [0, 0.1) is 0 Å². The van der Waals surface area contributed by atoms with E-state index >= 15 is 0 Å². The van der Waals surface area contributed by atoms with Crippen molar-refractivity contribution in [2.45, 2.75) is 6.55 Å². The van der Waals surface area contributed by atoms with E-state index in [1.807, 2.05) is 6.55 Å². The van der Waals surface area contributed by atoms with Crippen molar-refractivity contribution in [3.8, 4) is 0 Å². The second-order valence-electron chi connectivity index (χ2n) is 0.575. The fourth-order valence-corrected chi connectivity index (χ4v) is 0. The third-order valence-corrected chi connectivity index (χ3v) is 0.500. The quantitative estimate of drug-likeness (QED) is 0.299. The number of carbonyl (C=O) groups is 1. The second kappa shape index (κ2) is 2.89. The molecule has 2 heteroatoms. The van der Waals surface area contributed by atoms with Gasteiger partial charge in [-0.1, -0.05) is 6.55 Å². The van der Waals surface area contributed by atoms with Gasteiger partial charge in [0.25, 0.3) is 0 Å². The highest BCUT2D eigenvalue weighted by molar-refractivity contribution is 6.65. The van der Waals surface area contributed by atoms with Crippen LogP contribution in [0.1, 0.15) is 0 Å². The van der Waals surface area contributed by atoms with Crippen LogP contribution in [0.2, 0.25) is 6.55 Å². The molecule has 0 bridgehead atoms. The summed E-state index contributed by atoms with van der Waals surface area (Å²) in [4.78, 5) is 9.24. The first-order valence-corrected chi connectivity index (χ1v) is 3.58. The Morgan fingerprint density at radius 2 is 2.25 bits per heavy atom. The third kappa shape index (κ3) is 1.89. The van der Waals surface area contributed by atoms with E-state index in [4.69, 9.17) is 0 Å². The average molecular weight is 74.2 g/mol. The first-order valence-electron chi connectivity index (χ1n) is 1.35. The topological polar surface area (TPSA) is 17.1 Å². The van der Waals surface area contributed by atoms with Crippen molar-refractivity contribution >= 4 is 15.4 Å². The molecule has 0 unspecified atom stereocenters. The van der Waals surface area contributed by atoms with E-state index < -0.39 is 0 Å². The van der Waals surface area contributed by atoms with Crippen molar-refractivity contribution in [3.05, 3.63) is 0 Å². The lowest BCUT2D eigenvalue weighted by molar-refractivity contribution is 0.568. The molecule has 0 saturated heterocycles. The zero-order valence-electron chi connectivity index (χ0n) is 2.69. The lowest BCUT2D eigenvalue weighted by Crippen LogP contribution is -1.75. The number of carbonyl (C=O) groups excluding carboxylic acids is 1. The number of hydrogen-bond acceptors (Lipinski definition) is 1. The molecular formula is C2H6OSi. The normalized spacial score (nSPS) is 9.25. The van der Waals surface area contributed by atoms with E-state index in [0.29, 0.717) is 0 Å². The number of rotatable bonds is 1. The van der Waals surface area contributed by atoms with Crippen molar-refractivity contribution in [2.75, 3.05) is 0 Å². The maximum absolute atomic E-state index is 9.24. The minimum Gasteiger partial charge on any atom is -0.310 e. The maximum atomic E-state index is 9.24. The van der Waals surface area contributed by atoms with Gasteiger partial charge in [0.2, 0.25) is 0 Å². The molecule has 1 nitrogen and oxygen atoms in total. The Balaban J connectivity index is 2.30. The summed E-state index contributed by atoms with van der Waals surface area (Å²) in [6.07, 6.45) is 0. The van der Waals surface area contributed by atoms with Gasteiger partial charge in [0.15, 0.2) is 0 Å². The molecule has 0 aliphatic heterocycles. The molecule has 0 aromatic carbocycles. The molecular weight excluding hydrogens is 68.1 g/mol. The highest BCUT2D eigenvalue weighted by Gasteiger charge is 1.55. The van der Waals surface area contributed by atoms with Gasteiger partial charge in [0, 0.05) is 0 Å². The second-order valence-corrected chi connectivity index (χ2v) is 1.72. The van der Waals surface area contributed by atoms with E-state index in [0.717, 1.165) is 5.91 Å². The van der Waals surface area contributed by atoms with Gasteiger partial charge in [-0.25, -0.2) is 0 Å². The monoisotopic (exact) mass is 74.0 g/mol. The highest BCUT2D eigenvalue weighted by atomic mass is 28.2. The van der Waals surface area contributed by atoms with E-state index in [1.54, 1.807) is 0 Å². The van der Waals surface area contributed by atoms with Gasteiger partial charge >= 0.3 is 0 Å². The minimum absolute atomic E-state index is 0.256. The van der Waals surface area contributed by atoms with Gasteiger partial charge in [0.05, 0.1) is 15.4 Å². The first kappa shape index (κ1) is 3.89. The summed E-state index contributed by atoms with van der Waals surface area (Å²) in [6.45, 7) is 1.95. The molecule has 0 aliphatic carbocycles. The maximum Gasteiger partial charge on any atom is 0.0936 e. The van der Waals surface area contributed by atoms with E-state index in [1.165, 1.54) is 0 Å². The van der Waals surface area contributed by atoms with E-state index in [-0.39, 0.29) is 9.52 Å². The van der Waals surface area contributed by atoms with Crippen LogP contribution in [0.25, 0.3) is 0 Å². The Bertz CT molecular complexity index is 20.0. The number of hydrogen-bond donors (Lipinski definition) is 0. The molecule has 0 amide bonds. The van der Waals surface area contributed by atoms with Gasteiger partial charge in [-0.15, -0.1) is 0 Å². The van der Waals surface area contributed by atoms with Crippen molar-refractivity contribution < 1.29 is 4.79 Å². The van der Waals surface area contributed by atoms with Gasteiger partial charge in [-0.2, -0.15) is 0 Å². The standard InChI is InChI=1S/C2H6OSi/c1-4-2-3/h2H,4H2,1H3. The summed E-state index contributed by atoms with van der Waals surface area (Å²) in [5.74, 6) is 1.01. The Morgan fingerprint density at radius 1 is 2.00 bits per heavy atom. The minimum atomic E-state index is -0.256. The van der Waals surface area contributed by atoms with Gasteiger partial charge in [-0.3, -0.25) is 0 Å². The predicted octanol–water partition coefficient (Wildman–Crippen LogP) is -0.607. The fourth-order valence-electron chi connectivity index (χ4n) is 0. The van der Waals surface area contributed by atoms with Crippen LogP contribution in [0.5, 0.6) is 0 Å². The molecule has 0 heterocycles. The Labute approximate surface area is 27.8 Å². The molecule has 4 heavy (non-hydrogen) atoms. The molecule has 0 fully saturated rings. The molecule has 0 aromatic heterocycles. The van der Waals surface area contributed by atoms with E-state index in [2.05, 4.69) is 0 Å². The van der Waals surface area contributed by atoms with Crippen LogP contribution in [0.3, 0.4) is 0 Å². The van der Waals surface area contributed by atoms with Crippen LogP contribution in [-0.4, -0.2) is 15.4 Å². The average Bonchev–Trinajstić information content (AvgIpc) is 1.37. The Kier molecular flexibility index (Phi) is 2.81. The first-order chi connectivity index (χ1) is 1.91. The van der Waals surface area contributed by atoms with Crippen LogP contribution >= 0.6 is 0 Å². The molecule has 0 aliphatic rings. The van der Waals surface area contributed by atoms with Crippen LogP contribution in [0.4, 0.5) is 0 Å². The van der Waals surface area contributed by atoms with Gasteiger partial charge in [-0.05, 0) is 0 Å². The van der Waals surface area contributed by atoms with Crippen molar-refractivity contribution in [1.82, 2.24) is 0 Å². The summed E-state index contributed by atoms with van der Waals surface area (Å²) in [6, 6.07) is 0. The summed E-state index contributed by atoms with van der Waals surface area (Å²) < 4.78 is 0. The lowest BCUT2D eigenvalue weighted by atomic mass is 11.8. The zero-order valence-corrected chi connectivity index (χ0v) is 4.11. The third-order valence-electron chi connectivity index (χ3n) is 0.167. The molecule has 24 valence electrons. The zero-order chi connectivity index (χ0) is 3.41. The fraction of sp³-hybridized carbons (Fsp3) is 0.500. The van der Waals surface area contributed by atoms with E-state index in [9.17, 15) is 4.79 Å². The van der Waals surface area contributed by atoms with Gasteiger partial charge in [0.1, 0.15) is 0 Å². The molecule has 0 radical (unpaired) electrons. The smallest absolute Gasteiger partial charge is 0.0936 e. The molecule has 0 rings (SSSR count). The summed E-state index contributed by atoms with van der Waals surface area (Å²) in [7, 11) is -0.256. The van der Waals surface area contributed by atoms with Crippen LogP contribution < -0.4 is 0 Å². The SMILES string of the molecule is C[SiH2]C=O. The van der Waals surface area contributed by atoms with Crippen molar-refractivity contribution in [2.24, 2.45) is 0 Å². The molecule has 0 N–H and O–H groups in total. The van der Waals surface area contributed by atoms with Crippen LogP contribution in [0.15, 0.2) is 0 Å².